The zero-order valence-corrected chi connectivity index (χ0v) is 20.4. The van der Waals surface area contributed by atoms with E-state index in [-0.39, 0.29) is 23.6 Å². The minimum absolute atomic E-state index is 0.0197. The number of hydrogen-bond acceptors (Lipinski definition) is 5. The molecule has 1 heterocycles. The van der Waals surface area contributed by atoms with Crippen molar-refractivity contribution in [3.05, 3.63) is 83.3 Å². The SMILES string of the molecule is C[C@H](C(=O)NCc1ccc(C(F)(F)F)nc1N(C)c1ccccc1)c1ccc(NS(C)(=O)=O)c(F)c1. The molecule has 0 saturated carbocycles. The van der Waals surface area contributed by atoms with Crippen LogP contribution in [0.3, 0.4) is 0 Å². The summed E-state index contributed by atoms with van der Waals surface area (Å²) in [5.41, 5.74) is -0.0891. The maximum absolute atomic E-state index is 14.3. The molecule has 1 atom stereocenters. The molecule has 0 radical (unpaired) electrons. The van der Waals surface area contributed by atoms with Gasteiger partial charge in [0, 0.05) is 24.8 Å². The summed E-state index contributed by atoms with van der Waals surface area (Å²) in [6, 6.07) is 14.4. The fourth-order valence-corrected chi connectivity index (χ4v) is 3.97. The number of halogens is 4. The second-order valence-corrected chi connectivity index (χ2v) is 9.87. The molecule has 2 aromatic carbocycles. The highest BCUT2D eigenvalue weighted by atomic mass is 32.2. The van der Waals surface area contributed by atoms with Crippen molar-refractivity contribution in [3.8, 4) is 0 Å². The molecule has 0 saturated heterocycles. The number of para-hydroxylation sites is 1. The summed E-state index contributed by atoms with van der Waals surface area (Å²) in [5.74, 6) is -2.17. The maximum Gasteiger partial charge on any atom is 0.433 e. The number of rotatable bonds is 8. The Morgan fingerprint density at radius 3 is 2.33 bits per heavy atom. The lowest BCUT2D eigenvalue weighted by Crippen LogP contribution is -2.29. The van der Waals surface area contributed by atoms with Gasteiger partial charge >= 0.3 is 6.18 Å². The average Bonchev–Trinajstić information content (AvgIpc) is 2.82. The number of hydrogen-bond donors (Lipinski definition) is 2. The van der Waals surface area contributed by atoms with Crippen molar-refractivity contribution in [1.29, 1.82) is 0 Å². The Hall–Kier alpha value is -3.67. The van der Waals surface area contributed by atoms with E-state index in [1.165, 1.54) is 30.0 Å². The molecule has 2 N–H and O–H groups in total. The number of nitrogens with zero attached hydrogens (tertiary/aromatic N) is 2. The van der Waals surface area contributed by atoms with Crippen molar-refractivity contribution < 1.29 is 30.8 Å². The Balaban J connectivity index is 1.81. The standard InChI is InChI=1S/C24H24F4N4O3S/c1-15(16-9-11-20(19(25)13-16)31-36(3,34)35)23(33)29-14-17-10-12-21(24(26,27)28)30-22(17)32(2)18-7-5-4-6-8-18/h4-13,15,31H,14H2,1-3H3,(H,29,33)/t15-/m0/s1. The van der Waals surface area contributed by atoms with Gasteiger partial charge in [-0.25, -0.2) is 17.8 Å². The van der Waals surface area contributed by atoms with Crippen molar-refractivity contribution in [2.24, 2.45) is 0 Å². The second-order valence-electron chi connectivity index (χ2n) is 8.12. The molecule has 0 fully saturated rings. The third-order valence-electron chi connectivity index (χ3n) is 5.34. The fourth-order valence-electron chi connectivity index (χ4n) is 3.41. The highest BCUT2D eigenvalue weighted by Gasteiger charge is 2.33. The number of nitrogens with one attached hydrogen (secondary N) is 2. The number of alkyl halides is 3. The first kappa shape index (κ1) is 26.9. The smallest absolute Gasteiger partial charge is 0.351 e. The summed E-state index contributed by atoms with van der Waals surface area (Å²) in [6.45, 7) is 1.40. The molecule has 12 heteroatoms. The van der Waals surface area contributed by atoms with Crippen LogP contribution in [-0.4, -0.2) is 32.6 Å². The molecule has 0 aliphatic carbocycles. The van der Waals surface area contributed by atoms with E-state index in [9.17, 15) is 30.8 Å². The van der Waals surface area contributed by atoms with Gasteiger partial charge in [0.25, 0.3) is 0 Å². The molecule has 1 aromatic heterocycles. The van der Waals surface area contributed by atoms with Crippen molar-refractivity contribution in [2.75, 3.05) is 22.9 Å². The molecule has 0 spiro atoms. The van der Waals surface area contributed by atoms with E-state index >= 15 is 0 Å². The van der Waals surface area contributed by atoms with Crippen LogP contribution in [0.25, 0.3) is 0 Å². The van der Waals surface area contributed by atoms with Crippen LogP contribution in [-0.2, 0) is 27.5 Å². The van der Waals surface area contributed by atoms with Gasteiger partial charge in [-0.3, -0.25) is 9.52 Å². The number of benzene rings is 2. The van der Waals surface area contributed by atoms with E-state index in [4.69, 9.17) is 0 Å². The number of anilines is 3. The first-order valence-corrected chi connectivity index (χ1v) is 12.6. The Kier molecular flexibility index (Phi) is 7.87. The van der Waals surface area contributed by atoms with Crippen LogP contribution in [0.5, 0.6) is 0 Å². The second kappa shape index (κ2) is 10.5. The minimum atomic E-state index is -4.65. The minimum Gasteiger partial charge on any atom is -0.351 e. The molecule has 36 heavy (non-hydrogen) atoms. The number of pyridine rings is 1. The van der Waals surface area contributed by atoms with Gasteiger partial charge in [0.15, 0.2) is 0 Å². The summed E-state index contributed by atoms with van der Waals surface area (Å²) in [5, 5.41) is 2.65. The van der Waals surface area contributed by atoms with Crippen molar-refractivity contribution in [1.82, 2.24) is 10.3 Å². The van der Waals surface area contributed by atoms with Crippen molar-refractivity contribution >= 4 is 33.1 Å². The number of amides is 1. The van der Waals surface area contributed by atoms with E-state index in [0.29, 0.717) is 11.3 Å². The number of carbonyl (C=O) groups is 1. The summed E-state index contributed by atoms with van der Waals surface area (Å²) in [7, 11) is -2.11. The lowest BCUT2D eigenvalue weighted by atomic mass is 9.99. The van der Waals surface area contributed by atoms with E-state index in [2.05, 4.69) is 10.3 Å². The largest absolute Gasteiger partial charge is 0.433 e. The molecular formula is C24H24F4N4O3S. The van der Waals surface area contributed by atoms with Crippen LogP contribution in [0, 0.1) is 5.82 Å². The average molecular weight is 525 g/mol. The predicted octanol–water partition coefficient (Wildman–Crippen LogP) is 4.80. The van der Waals surface area contributed by atoms with Crippen LogP contribution >= 0.6 is 0 Å². The summed E-state index contributed by atoms with van der Waals surface area (Å²) in [4.78, 5) is 18.0. The number of sulfonamides is 1. The van der Waals surface area contributed by atoms with Gasteiger partial charge in [0.1, 0.15) is 17.3 Å². The Bertz CT molecular complexity index is 1350. The summed E-state index contributed by atoms with van der Waals surface area (Å²) >= 11 is 0. The molecule has 0 unspecified atom stereocenters. The van der Waals surface area contributed by atoms with Gasteiger partial charge in [-0.05, 0) is 42.8 Å². The summed E-state index contributed by atoms with van der Waals surface area (Å²) < 4.78 is 78.9. The Morgan fingerprint density at radius 1 is 1.08 bits per heavy atom. The van der Waals surface area contributed by atoms with E-state index in [1.54, 1.807) is 37.4 Å². The molecule has 3 aromatic rings. The number of carbonyl (C=O) groups excluding carboxylic acids is 1. The van der Waals surface area contributed by atoms with Gasteiger partial charge < -0.3 is 10.2 Å². The third kappa shape index (κ3) is 6.72. The van der Waals surface area contributed by atoms with Crippen LogP contribution in [0.15, 0.2) is 60.7 Å². The summed E-state index contributed by atoms with van der Waals surface area (Å²) in [6.07, 6.45) is -3.76. The van der Waals surface area contributed by atoms with Crippen LogP contribution < -0.4 is 14.9 Å². The van der Waals surface area contributed by atoms with Crippen LogP contribution in [0.4, 0.5) is 34.8 Å². The fraction of sp³-hybridized carbons (Fsp3) is 0.250. The monoisotopic (exact) mass is 524 g/mol. The molecule has 7 nitrogen and oxygen atoms in total. The Morgan fingerprint density at radius 2 is 1.75 bits per heavy atom. The van der Waals surface area contributed by atoms with Gasteiger partial charge in [0.05, 0.1) is 17.9 Å². The zero-order chi connectivity index (χ0) is 26.7. The van der Waals surface area contributed by atoms with Gasteiger partial charge in [-0.1, -0.05) is 30.3 Å². The maximum atomic E-state index is 14.3. The van der Waals surface area contributed by atoms with E-state index < -0.39 is 39.5 Å². The van der Waals surface area contributed by atoms with Gasteiger partial charge in [-0.2, -0.15) is 13.2 Å². The molecular weight excluding hydrogens is 500 g/mol. The molecule has 3 rings (SSSR count). The van der Waals surface area contributed by atoms with E-state index in [0.717, 1.165) is 18.4 Å². The first-order valence-electron chi connectivity index (χ1n) is 10.7. The Labute approximate surface area is 206 Å². The van der Waals surface area contributed by atoms with E-state index in [1.807, 2.05) is 4.72 Å². The van der Waals surface area contributed by atoms with Crippen molar-refractivity contribution in [3.63, 3.8) is 0 Å². The molecule has 192 valence electrons. The molecule has 0 bridgehead atoms. The first-order chi connectivity index (χ1) is 16.8. The van der Waals surface area contributed by atoms with Gasteiger partial charge in [-0.15, -0.1) is 0 Å². The number of aromatic nitrogens is 1. The van der Waals surface area contributed by atoms with Crippen LogP contribution in [0.2, 0.25) is 0 Å². The normalized spacial score (nSPS) is 12.6. The quantitative estimate of drug-likeness (QED) is 0.413. The highest BCUT2D eigenvalue weighted by molar-refractivity contribution is 7.92. The van der Waals surface area contributed by atoms with Crippen LogP contribution in [0.1, 0.15) is 29.7 Å². The zero-order valence-electron chi connectivity index (χ0n) is 19.6. The predicted molar refractivity (Wildman–Crippen MR) is 129 cm³/mol. The molecule has 0 aliphatic heterocycles. The lowest BCUT2D eigenvalue weighted by Gasteiger charge is -2.23. The van der Waals surface area contributed by atoms with Crippen molar-refractivity contribution in [2.45, 2.75) is 25.6 Å². The highest BCUT2D eigenvalue weighted by Crippen LogP contribution is 2.32. The lowest BCUT2D eigenvalue weighted by molar-refractivity contribution is -0.141. The van der Waals surface area contributed by atoms with Gasteiger partial charge in [0.2, 0.25) is 15.9 Å². The third-order valence-corrected chi connectivity index (χ3v) is 5.93. The molecule has 1 amide bonds. The molecule has 0 aliphatic rings. The topological polar surface area (TPSA) is 91.4 Å².